The minimum atomic E-state index is 0.137. The first-order valence-corrected chi connectivity index (χ1v) is 17.1. The van der Waals surface area contributed by atoms with E-state index in [1.807, 2.05) is 32.7 Å². The number of thioether (sulfide) groups is 2. The zero-order valence-corrected chi connectivity index (χ0v) is 25.7. The quantitative estimate of drug-likeness (QED) is 0.384. The van der Waals surface area contributed by atoms with E-state index in [1.54, 1.807) is 0 Å². The third kappa shape index (κ3) is 4.15. The van der Waals surface area contributed by atoms with Crippen LogP contribution in [0.4, 0.5) is 0 Å². The second-order valence-corrected chi connectivity index (χ2v) is 18.3. The van der Waals surface area contributed by atoms with Crippen molar-refractivity contribution in [2.75, 3.05) is 0 Å². The maximum absolute atomic E-state index is 13.3. The Morgan fingerprint density at radius 1 is 0.694 bits per heavy atom. The summed E-state index contributed by atoms with van der Waals surface area (Å²) in [5.41, 5.74) is 0. The van der Waals surface area contributed by atoms with Crippen LogP contribution in [0.1, 0.15) is 102 Å². The van der Waals surface area contributed by atoms with Gasteiger partial charge in [0.1, 0.15) is 0 Å². The first-order chi connectivity index (χ1) is 17.0. The Balaban J connectivity index is 1.32. The van der Waals surface area contributed by atoms with E-state index in [2.05, 4.69) is 41.5 Å². The molecule has 36 heavy (non-hydrogen) atoms. The molecule has 0 spiro atoms. The molecule has 6 rings (SSSR count). The number of hydrogen-bond acceptors (Lipinski definition) is 6. The van der Waals surface area contributed by atoms with E-state index in [1.165, 1.54) is 81.0 Å². The van der Waals surface area contributed by atoms with E-state index in [0.717, 1.165) is 11.8 Å². The number of aromatic nitrogens is 2. The van der Waals surface area contributed by atoms with Crippen LogP contribution in [0, 0.1) is 23.7 Å². The van der Waals surface area contributed by atoms with Gasteiger partial charge in [-0.05, 0) is 49.4 Å². The normalized spacial score (nSPS) is 34.4. The SMILES string of the molecule is C[C@@H]1CC[C@@H]2[C@@H](C1)c1sc(=O)n(CCn3c4c(sc3=O)[C@@H]3C[C@H](C)CC[C@H]3C(C)(C)S4)c1SC2(C)C. The van der Waals surface area contributed by atoms with E-state index in [4.69, 9.17) is 0 Å². The van der Waals surface area contributed by atoms with Crippen LogP contribution >= 0.6 is 46.2 Å². The van der Waals surface area contributed by atoms with Crippen LogP contribution in [0.25, 0.3) is 0 Å². The third-order valence-corrected chi connectivity index (χ3v) is 15.1. The topological polar surface area (TPSA) is 44.0 Å². The van der Waals surface area contributed by atoms with Crippen molar-refractivity contribution < 1.29 is 0 Å². The first-order valence-electron chi connectivity index (χ1n) is 13.8. The summed E-state index contributed by atoms with van der Waals surface area (Å²) in [6.45, 7) is 15.4. The molecule has 4 heterocycles. The summed E-state index contributed by atoms with van der Waals surface area (Å²) in [6, 6.07) is 0. The number of fused-ring (bicyclic) bond motifs is 6. The average molecular weight is 565 g/mol. The summed E-state index contributed by atoms with van der Waals surface area (Å²) in [5.74, 6) is 3.77. The standard InChI is InChI=1S/C28H40N2O2S4/c1-15-7-9-19-17(13-15)21-23(35-27(19,3)4)29(25(31)33-21)11-12-30-24-22(34-26(30)32)18-14-16(2)8-10-20(18)28(5,6)36-24/h15-20H,7-14H2,1-6H3/t15-,16-,17-,18-,19-,20-/m1/s1. The van der Waals surface area contributed by atoms with Gasteiger partial charge in [-0.15, -0.1) is 23.5 Å². The van der Waals surface area contributed by atoms with Gasteiger partial charge in [0.25, 0.3) is 0 Å². The van der Waals surface area contributed by atoms with Gasteiger partial charge < -0.3 is 0 Å². The van der Waals surface area contributed by atoms with Crippen molar-refractivity contribution in [3.8, 4) is 0 Å². The van der Waals surface area contributed by atoms with Gasteiger partial charge in [0.15, 0.2) is 0 Å². The number of nitrogens with zero attached hydrogens (tertiary/aromatic N) is 2. The molecule has 0 bridgehead atoms. The van der Waals surface area contributed by atoms with Gasteiger partial charge >= 0.3 is 9.75 Å². The van der Waals surface area contributed by atoms with Crippen molar-refractivity contribution in [3.05, 3.63) is 29.1 Å². The molecule has 2 fully saturated rings. The molecule has 0 saturated heterocycles. The summed E-state index contributed by atoms with van der Waals surface area (Å²) in [6.07, 6.45) is 7.54. The smallest absolute Gasteiger partial charge is 0.292 e. The second kappa shape index (κ2) is 9.06. The molecule has 2 aromatic rings. The molecule has 0 amide bonds. The summed E-state index contributed by atoms with van der Waals surface area (Å²) >= 11 is 6.81. The van der Waals surface area contributed by atoms with Crippen molar-refractivity contribution in [1.29, 1.82) is 0 Å². The van der Waals surface area contributed by atoms with Crippen LogP contribution < -0.4 is 9.75 Å². The molecule has 8 heteroatoms. The molecule has 0 N–H and O–H groups in total. The van der Waals surface area contributed by atoms with Crippen molar-refractivity contribution in [3.63, 3.8) is 0 Å². The fourth-order valence-corrected chi connectivity index (χ4v) is 13.5. The highest BCUT2D eigenvalue weighted by Gasteiger charge is 2.48. The van der Waals surface area contributed by atoms with Crippen LogP contribution in [0.15, 0.2) is 19.6 Å². The number of thiazole rings is 2. The zero-order chi connectivity index (χ0) is 25.6. The zero-order valence-electron chi connectivity index (χ0n) is 22.5. The minimum absolute atomic E-state index is 0.137. The minimum Gasteiger partial charge on any atom is -0.292 e. The van der Waals surface area contributed by atoms with Crippen molar-refractivity contribution in [2.24, 2.45) is 23.7 Å². The summed E-state index contributed by atoms with van der Waals surface area (Å²) in [4.78, 5) is 29.6. The number of rotatable bonds is 3. The van der Waals surface area contributed by atoms with E-state index in [9.17, 15) is 9.59 Å². The van der Waals surface area contributed by atoms with E-state index in [0.29, 0.717) is 36.8 Å². The van der Waals surface area contributed by atoms with Crippen molar-refractivity contribution in [2.45, 2.75) is 125 Å². The van der Waals surface area contributed by atoms with Gasteiger partial charge in [0, 0.05) is 44.2 Å². The van der Waals surface area contributed by atoms with Crippen LogP contribution in [-0.2, 0) is 13.1 Å². The molecular weight excluding hydrogens is 525 g/mol. The Morgan fingerprint density at radius 2 is 1.08 bits per heavy atom. The van der Waals surface area contributed by atoms with Crippen LogP contribution in [0.3, 0.4) is 0 Å². The Labute approximate surface area is 231 Å². The maximum atomic E-state index is 13.3. The molecule has 2 aliphatic carbocycles. The lowest BCUT2D eigenvalue weighted by Crippen LogP contribution is -2.40. The molecular formula is C28H40N2O2S4. The molecule has 4 nitrogen and oxygen atoms in total. The van der Waals surface area contributed by atoms with Gasteiger partial charge in [0.2, 0.25) is 0 Å². The van der Waals surface area contributed by atoms with Crippen molar-refractivity contribution >= 4 is 46.2 Å². The Kier molecular flexibility index (Phi) is 6.49. The summed E-state index contributed by atoms with van der Waals surface area (Å²) < 4.78 is 4.31. The van der Waals surface area contributed by atoms with Crippen LogP contribution in [-0.4, -0.2) is 18.6 Å². The lowest BCUT2D eigenvalue weighted by atomic mass is 9.69. The summed E-state index contributed by atoms with van der Waals surface area (Å²) in [5, 5.41) is 2.38. The Hall–Kier alpha value is -0.440. The lowest BCUT2D eigenvalue weighted by Gasteiger charge is -2.47. The first kappa shape index (κ1) is 25.8. The van der Waals surface area contributed by atoms with Gasteiger partial charge in [0.05, 0.1) is 10.1 Å². The largest absolute Gasteiger partial charge is 0.308 e. The average Bonchev–Trinajstić information content (AvgIpc) is 3.26. The van der Waals surface area contributed by atoms with E-state index in [-0.39, 0.29) is 19.2 Å². The highest BCUT2D eigenvalue weighted by molar-refractivity contribution is 8.01. The molecule has 0 unspecified atom stereocenters. The lowest BCUT2D eigenvalue weighted by molar-refractivity contribution is 0.207. The van der Waals surface area contributed by atoms with Gasteiger partial charge in [-0.1, -0.05) is 77.1 Å². The predicted octanol–water partition coefficient (Wildman–Crippen LogP) is 7.64. The highest BCUT2D eigenvalue weighted by Crippen LogP contribution is 2.59. The fourth-order valence-electron chi connectivity index (χ4n) is 7.74. The van der Waals surface area contributed by atoms with Crippen molar-refractivity contribution in [1.82, 2.24) is 9.13 Å². The van der Waals surface area contributed by atoms with Crippen LogP contribution in [0.2, 0.25) is 0 Å². The highest BCUT2D eigenvalue weighted by atomic mass is 32.2. The van der Waals surface area contributed by atoms with E-state index < -0.39 is 0 Å². The van der Waals surface area contributed by atoms with Gasteiger partial charge in [-0.2, -0.15) is 0 Å². The molecule has 4 aliphatic rings. The Morgan fingerprint density at radius 3 is 1.47 bits per heavy atom. The molecule has 2 saturated carbocycles. The number of hydrogen-bond donors (Lipinski definition) is 0. The molecule has 0 aromatic carbocycles. The molecule has 2 aromatic heterocycles. The second-order valence-electron chi connectivity index (χ2n) is 13.1. The molecule has 198 valence electrons. The predicted molar refractivity (Wildman–Crippen MR) is 156 cm³/mol. The maximum Gasteiger partial charge on any atom is 0.308 e. The van der Waals surface area contributed by atoms with Crippen LogP contribution in [0.5, 0.6) is 0 Å². The van der Waals surface area contributed by atoms with Gasteiger partial charge in [-0.25, -0.2) is 0 Å². The third-order valence-electron chi connectivity index (χ3n) is 9.70. The molecule has 0 radical (unpaired) electrons. The van der Waals surface area contributed by atoms with E-state index >= 15 is 0 Å². The monoisotopic (exact) mass is 564 g/mol. The summed E-state index contributed by atoms with van der Waals surface area (Å²) in [7, 11) is 0. The molecule has 6 atom stereocenters. The Bertz CT molecular complexity index is 1180. The fraction of sp³-hybridized carbons (Fsp3) is 0.786. The van der Waals surface area contributed by atoms with Gasteiger partial charge in [-0.3, -0.25) is 18.7 Å². The molecule has 2 aliphatic heterocycles.